The zero-order chi connectivity index (χ0) is 16.0. The van der Waals surface area contributed by atoms with Crippen molar-refractivity contribution in [1.29, 1.82) is 0 Å². The summed E-state index contributed by atoms with van der Waals surface area (Å²) in [7, 11) is 0. The third-order valence-electron chi connectivity index (χ3n) is 2.97. The van der Waals surface area contributed by atoms with Gasteiger partial charge in [-0.25, -0.2) is 4.39 Å². The van der Waals surface area contributed by atoms with Crippen LogP contribution < -0.4 is 5.32 Å². The maximum Gasteiger partial charge on any atom is 0.224 e. The largest absolute Gasteiger partial charge is 0.484 e. The topological polar surface area (TPSA) is 38.3 Å². The number of benzene rings is 1. The van der Waals surface area contributed by atoms with Gasteiger partial charge in [0, 0.05) is 17.3 Å². The molecule has 116 valence electrons. The number of carbonyl (C=O) groups excluding carboxylic acids is 1. The van der Waals surface area contributed by atoms with Crippen LogP contribution in [-0.2, 0) is 16.0 Å². The van der Waals surface area contributed by atoms with Crippen LogP contribution in [0.25, 0.3) is 0 Å². The van der Waals surface area contributed by atoms with Crippen LogP contribution in [-0.4, -0.2) is 17.1 Å². The van der Waals surface area contributed by atoms with Crippen molar-refractivity contribution < 1.29 is 13.9 Å². The molecule has 0 saturated heterocycles. The van der Waals surface area contributed by atoms with Gasteiger partial charge in [0.05, 0.1) is 11.8 Å². The smallest absolute Gasteiger partial charge is 0.224 e. The predicted octanol–water partition coefficient (Wildman–Crippen LogP) is 4.62. The molecule has 1 N–H and O–H groups in total. The van der Waals surface area contributed by atoms with Crippen molar-refractivity contribution in [2.24, 2.45) is 0 Å². The molecular weight excluding hydrogens is 357 g/mol. The molecule has 1 unspecified atom stereocenters. The van der Waals surface area contributed by atoms with E-state index in [2.05, 4.69) is 21.2 Å². The van der Waals surface area contributed by atoms with Crippen molar-refractivity contribution in [1.82, 2.24) is 0 Å². The molecule has 21 heavy (non-hydrogen) atoms. The highest BCUT2D eigenvalue weighted by molar-refractivity contribution is 9.10. The van der Waals surface area contributed by atoms with E-state index in [9.17, 15) is 9.18 Å². The Morgan fingerprint density at radius 2 is 2.14 bits per heavy atom. The molecule has 0 aromatic heterocycles. The summed E-state index contributed by atoms with van der Waals surface area (Å²) in [6.45, 7) is 5.67. The number of nitrogens with one attached hydrogen (secondary N) is 1. The number of ether oxygens (including phenoxy) is 1. The first-order valence-electron chi connectivity index (χ1n) is 6.84. The van der Waals surface area contributed by atoms with Crippen molar-refractivity contribution in [2.75, 3.05) is 5.32 Å². The monoisotopic (exact) mass is 375 g/mol. The van der Waals surface area contributed by atoms with Gasteiger partial charge in [0.15, 0.2) is 5.05 Å². The minimum Gasteiger partial charge on any atom is -0.484 e. The Morgan fingerprint density at radius 3 is 2.71 bits per heavy atom. The van der Waals surface area contributed by atoms with E-state index in [1.807, 2.05) is 13.8 Å². The number of anilines is 1. The van der Waals surface area contributed by atoms with Crippen LogP contribution in [0, 0.1) is 5.82 Å². The fraction of sp³-hybridized carbons (Fsp3) is 0.467. The van der Waals surface area contributed by atoms with E-state index in [1.165, 1.54) is 6.07 Å². The zero-order valence-electron chi connectivity index (χ0n) is 12.3. The van der Waals surface area contributed by atoms with E-state index >= 15 is 0 Å². The summed E-state index contributed by atoms with van der Waals surface area (Å²) in [5, 5.41) is 2.98. The van der Waals surface area contributed by atoms with Crippen molar-refractivity contribution in [2.45, 2.75) is 46.1 Å². The lowest BCUT2D eigenvalue weighted by atomic mass is 10.1. The van der Waals surface area contributed by atoms with E-state index in [1.54, 1.807) is 13.0 Å². The van der Waals surface area contributed by atoms with Crippen molar-refractivity contribution in [3.8, 4) is 0 Å². The second-order valence-electron chi connectivity index (χ2n) is 4.71. The zero-order valence-corrected chi connectivity index (χ0v) is 14.7. The Labute approximate surface area is 138 Å². The molecule has 0 heterocycles. The van der Waals surface area contributed by atoms with Gasteiger partial charge in [0.25, 0.3) is 0 Å². The number of thiocarbonyl (C=S) groups is 1. The third kappa shape index (κ3) is 5.71. The number of hydrogen-bond acceptors (Lipinski definition) is 3. The minimum atomic E-state index is -0.485. The number of rotatable bonds is 6. The third-order valence-corrected chi connectivity index (χ3v) is 3.95. The number of carbonyl (C=O) groups is 1. The van der Waals surface area contributed by atoms with Crippen LogP contribution in [0.4, 0.5) is 10.1 Å². The van der Waals surface area contributed by atoms with Gasteiger partial charge in [-0.1, -0.05) is 29.8 Å². The molecule has 0 spiro atoms. The molecule has 1 aromatic carbocycles. The molecule has 3 nitrogen and oxygen atoms in total. The summed E-state index contributed by atoms with van der Waals surface area (Å²) in [4.78, 5) is 11.4. The second-order valence-corrected chi connectivity index (χ2v) is 6.02. The number of amides is 1. The molecule has 6 heteroatoms. The highest BCUT2D eigenvalue weighted by Gasteiger charge is 2.13. The van der Waals surface area contributed by atoms with Crippen molar-refractivity contribution in [3.05, 3.63) is 28.0 Å². The lowest BCUT2D eigenvalue weighted by molar-refractivity contribution is -0.115. The van der Waals surface area contributed by atoms with Gasteiger partial charge in [0.2, 0.25) is 5.91 Å². The molecule has 0 aliphatic heterocycles. The van der Waals surface area contributed by atoms with Gasteiger partial charge in [0.1, 0.15) is 5.82 Å². The molecule has 1 amide bonds. The van der Waals surface area contributed by atoms with Crippen molar-refractivity contribution in [3.63, 3.8) is 0 Å². The molecule has 1 rings (SSSR count). The van der Waals surface area contributed by atoms with Gasteiger partial charge < -0.3 is 10.1 Å². The molecule has 1 atom stereocenters. The number of hydrogen-bond donors (Lipinski definition) is 1. The fourth-order valence-corrected chi connectivity index (χ4v) is 2.34. The highest BCUT2D eigenvalue weighted by atomic mass is 79.9. The van der Waals surface area contributed by atoms with Gasteiger partial charge in [-0.2, -0.15) is 0 Å². The Balaban J connectivity index is 2.89. The van der Waals surface area contributed by atoms with E-state index in [0.717, 1.165) is 12.0 Å². The van der Waals surface area contributed by atoms with Crippen LogP contribution in [0.15, 0.2) is 16.6 Å². The molecule has 0 aliphatic carbocycles. The molecule has 0 aliphatic rings. The first-order chi connectivity index (χ1) is 9.87. The maximum atomic E-state index is 13.8. The Hall–Kier alpha value is -1.01. The van der Waals surface area contributed by atoms with Crippen LogP contribution >= 0.6 is 28.1 Å². The predicted molar refractivity (Wildman–Crippen MR) is 90.2 cm³/mol. The van der Waals surface area contributed by atoms with Gasteiger partial charge in [-0.15, -0.1) is 0 Å². The van der Waals surface area contributed by atoms with Crippen LogP contribution in [0.1, 0.15) is 39.2 Å². The average Bonchev–Trinajstić information content (AvgIpc) is 2.43. The summed E-state index contributed by atoms with van der Waals surface area (Å²) >= 11 is 8.51. The summed E-state index contributed by atoms with van der Waals surface area (Å²) < 4.78 is 20.0. The molecule has 1 aromatic rings. The summed E-state index contributed by atoms with van der Waals surface area (Å²) in [6.07, 6.45) is 1.59. The van der Waals surface area contributed by atoms with Gasteiger partial charge in [-0.05, 0) is 43.3 Å². The standard InChI is InChI=1S/C15H19BrFNO2S/c1-4-9(3)20-15(21)7-10-6-13(18-14(19)5-2)12(17)8-11(10)16/h6,8-9H,4-5,7H2,1-3H3,(H,18,19). The Morgan fingerprint density at radius 1 is 1.48 bits per heavy atom. The van der Waals surface area contributed by atoms with E-state index in [4.69, 9.17) is 17.0 Å². The van der Waals surface area contributed by atoms with E-state index in [0.29, 0.717) is 22.4 Å². The lowest BCUT2D eigenvalue weighted by Crippen LogP contribution is -2.15. The Bertz CT molecular complexity index is 537. The molecular formula is C15H19BrFNO2S. The van der Waals surface area contributed by atoms with Crippen molar-refractivity contribution >= 4 is 44.8 Å². The van der Waals surface area contributed by atoms with E-state index < -0.39 is 5.82 Å². The lowest BCUT2D eigenvalue weighted by Gasteiger charge is -2.15. The maximum absolute atomic E-state index is 13.8. The fourth-order valence-electron chi connectivity index (χ4n) is 1.57. The summed E-state index contributed by atoms with van der Waals surface area (Å²) in [6, 6.07) is 2.91. The molecule has 0 bridgehead atoms. The minimum absolute atomic E-state index is 0.0518. The average molecular weight is 376 g/mol. The Kier molecular flexibility index (Phi) is 7.25. The molecule has 0 radical (unpaired) electrons. The highest BCUT2D eigenvalue weighted by Crippen LogP contribution is 2.26. The first-order valence-corrected chi connectivity index (χ1v) is 8.04. The summed E-state index contributed by atoms with van der Waals surface area (Å²) in [5.74, 6) is -0.721. The second kappa shape index (κ2) is 8.44. The molecule has 0 fully saturated rings. The van der Waals surface area contributed by atoms with Crippen LogP contribution in [0.3, 0.4) is 0 Å². The quantitative estimate of drug-likeness (QED) is 0.737. The molecule has 0 saturated carbocycles. The number of halogens is 2. The SMILES string of the molecule is CCC(=O)Nc1cc(CC(=S)OC(C)CC)c(Br)cc1F. The first kappa shape index (κ1) is 18.0. The van der Waals surface area contributed by atoms with Gasteiger partial charge in [-0.3, -0.25) is 4.79 Å². The normalized spacial score (nSPS) is 11.9. The van der Waals surface area contributed by atoms with Crippen LogP contribution in [0.5, 0.6) is 0 Å². The van der Waals surface area contributed by atoms with Crippen LogP contribution in [0.2, 0.25) is 0 Å². The van der Waals surface area contributed by atoms with E-state index in [-0.39, 0.29) is 17.7 Å². The summed E-state index contributed by atoms with van der Waals surface area (Å²) in [5.41, 5.74) is 0.933. The van der Waals surface area contributed by atoms with Gasteiger partial charge >= 0.3 is 0 Å².